The Labute approximate surface area is 325 Å². The first-order valence-corrected chi connectivity index (χ1v) is 20.2. The molecule has 0 amide bonds. The van der Waals surface area contributed by atoms with Crippen molar-refractivity contribution in [3.05, 3.63) is 175 Å². The Hall–Kier alpha value is -6.23. The van der Waals surface area contributed by atoms with E-state index in [0.717, 1.165) is 22.3 Å². The van der Waals surface area contributed by atoms with Crippen molar-refractivity contribution in [3.63, 3.8) is 0 Å². The normalized spacial score (nSPS) is 14.3. The van der Waals surface area contributed by atoms with E-state index in [1.165, 1.54) is 85.7 Å². The molecule has 2 aliphatic rings. The van der Waals surface area contributed by atoms with E-state index in [1.807, 2.05) is 35.6 Å². The Morgan fingerprint density at radius 3 is 1.55 bits per heavy atom. The summed E-state index contributed by atoms with van der Waals surface area (Å²) in [4.78, 5) is 15.1. The number of hydrogen-bond acceptors (Lipinski definition) is 4. The smallest absolute Gasteiger partial charge is 0.164 e. The average Bonchev–Trinajstić information content (AvgIpc) is 3.76. The Morgan fingerprint density at radius 1 is 0.364 bits per heavy atom. The van der Waals surface area contributed by atoms with Gasteiger partial charge in [0.15, 0.2) is 17.5 Å². The molecule has 11 rings (SSSR count). The summed E-state index contributed by atoms with van der Waals surface area (Å²) < 4.78 is 2.52. The molecule has 1 saturated carbocycles. The van der Waals surface area contributed by atoms with Crippen molar-refractivity contribution >= 4 is 31.5 Å². The lowest BCUT2D eigenvalue weighted by Crippen LogP contribution is -2.28. The largest absolute Gasteiger partial charge is 0.208 e. The summed E-state index contributed by atoms with van der Waals surface area (Å²) in [5.74, 6) is 2.00. The van der Waals surface area contributed by atoms with Crippen molar-refractivity contribution in [3.8, 4) is 67.5 Å². The molecule has 0 saturated heterocycles. The molecular weight excluding hydrogens is 687 g/mol. The Balaban J connectivity index is 0.974. The molecule has 0 aliphatic heterocycles. The van der Waals surface area contributed by atoms with Gasteiger partial charge in [0, 0.05) is 42.3 Å². The fourth-order valence-electron chi connectivity index (χ4n) is 9.22. The van der Waals surface area contributed by atoms with Gasteiger partial charge in [-0.3, -0.25) is 0 Å². The van der Waals surface area contributed by atoms with Gasteiger partial charge >= 0.3 is 0 Å². The van der Waals surface area contributed by atoms with Gasteiger partial charge in [0.25, 0.3) is 0 Å². The molecule has 1 fully saturated rings. The van der Waals surface area contributed by atoms with Gasteiger partial charge in [-0.15, -0.1) is 11.3 Å². The maximum Gasteiger partial charge on any atom is 0.164 e. The number of rotatable bonds is 5. The monoisotopic (exact) mass is 723 g/mol. The minimum atomic E-state index is 0.152. The Kier molecular flexibility index (Phi) is 7.60. The minimum absolute atomic E-state index is 0.152. The van der Waals surface area contributed by atoms with Crippen molar-refractivity contribution in [1.82, 2.24) is 15.0 Å². The molecule has 1 spiro atoms. The van der Waals surface area contributed by atoms with E-state index in [1.54, 1.807) is 5.56 Å². The van der Waals surface area contributed by atoms with Crippen molar-refractivity contribution in [2.45, 2.75) is 37.5 Å². The highest BCUT2D eigenvalue weighted by atomic mass is 32.1. The number of fused-ring (bicyclic) bond motifs is 8. The van der Waals surface area contributed by atoms with E-state index >= 15 is 0 Å². The molecule has 262 valence electrons. The zero-order valence-corrected chi connectivity index (χ0v) is 31.2. The zero-order valence-electron chi connectivity index (χ0n) is 30.4. The van der Waals surface area contributed by atoms with Crippen LogP contribution in [0.5, 0.6) is 0 Å². The second-order valence-electron chi connectivity index (χ2n) is 15.1. The van der Waals surface area contributed by atoms with Crippen LogP contribution in [0, 0.1) is 0 Å². The molecule has 4 heteroatoms. The Morgan fingerprint density at radius 2 is 0.836 bits per heavy atom. The predicted octanol–water partition coefficient (Wildman–Crippen LogP) is 13.8. The molecule has 2 heterocycles. The standard InChI is InChI=1S/C51H37N3S/c1-4-12-33(13-5-1)34-18-20-36(21-19-34)49-52-48(35-14-6-2-7-15-35)53-50(54-49)39-24-27-43-42-26-23-38(31-46(42)55-47(43)32-39)37-22-25-41-40-16-8-9-17-44(40)51(45(41)30-37)28-10-3-11-29-51/h1-2,4-9,12-27,30-32H,3,10-11,28-29H2. The van der Waals surface area contributed by atoms with Crippen LogP contribution in [0.4, 0.5) is 0 Å². The summed E-state index contributed by atoms with van der Waals surface area (Å²) in [5.41, 5.74) is 13.9. The summed E-state index contributed by atoms with van der Waals surface area (Å²) in [6, 6.07) is 59.2. The van der Waals surface area contributed by atoms with Crippen LogP contribution in [-0.2, 0) is 5.41 Å². The van der Waals surface area contributed by atoms with Crippen LogP contribution < -0.4 is 0 Å². The van der Waals surface area contributed by atoms with Crippen LogP contribution in [0.15, 0.2) is 164 Å². The molecule has 55 heavy (non-hydrogen) atoms. The molecular formula is C51H37N3S. The lowest BCUT2D eigenvalue weighted by molar-refractivity contribution is 0.353. The van der Waals surface area contributed by atoms with E-state index in [0.29, 0.717) is 17.5 Å². The van der Waals surface area contributed by atoms with E-state index < -0.39 is 0 Å². The third kappa shape index (κ3) is 5.43. The van der Waals surface area contributed by atoms with Gasteiger partial charge in [-0.2, -0.15) is 0 Å². The molecule has 3 nitrogen and oxygen atoms in total. The minimum Gasteiger partial charge on any atom is -0.208 e. The van der Waals surface area contributed by atoms with Gasteiger partial charge < -0.3 is 0 Å². The number of benzene rings is 7. The first kappa shape index (κ1) is 32.2. The van der Waals surface area contributed by atoms with Gasteiger partial charge in [-0.05, 0) is 75.5 Å². The lowest BCUT2D eigenvalue weighted by atomic mass is 9.67. The highest BCUT2D eigenvalue weighted by Crippen LogP contribution is 2.56. The van der Waals surface area contributed by atoms with Gasteiger partial charge in [0.05, 0.1) is 0 Å². The fraction of sp³-hybridized carbons (Fsp3) is 0.118. The molecule has 9 aromatic rings. The maximum absolute atomic E-state index is 5.08. The van der Waals surface area contributed by atoms with Gasteiger partial charge in [-0.25, -0.2) is 15.0 Å². The second-order valence-corrected chi connectivity index (χ2v) is 16.2. The summed E-state index contributed by atoms with van der Waals surface area (Å²) in [7, 11) is 0. The first-order valence-electron chi connectivity index (χ1n) is 19.4. The van der Waals surface area contributed by atoms with Crippen LogP contribution in [0.2, 0.25) is 0 Å². The maximum atomic E-state index is 5.08. The molecule has 2 aliphatic carbocycles. The Bertz CT molecular complexity index is 2890. The fourth-order valence-corrected chi connectivity index (χ4v) is 10.4. The molecule has 0 radical (unpaired) electrons. The highest BCUT2D eigenvalue weighted by Gasteiger charge is 2.43. The molecule has 0 bridgehead atoms. The third-order valence-corrected chi connectivity index (χ3v) is 13.1. The van der Waals surface area contributed by atoms with Crippen LogP contribution in [0.1, 0.15) is 43.2 Å². The van der Waals surface area contributed by atoms with Crippen molar-refractivity contribution in [1.29, 1.82) is 0 Å². The second kappa shape index (κ2) is 13.0. The molecule has 0 N–H and O–H groups in total. The topological polar surface area (TPSA) is 38.7 Å². The van der Waals surface area contributed by atoms with Gasteiger partial charge in [-0.1, -0.05) is 165 Å². The number of hydrogen-bond donors (Lipinski definition) is 0. The van der Waals surface area contributed by atoms with Crippen molar-refractivity contribution in [2.75, 3.05) is 0 Å². The number of thiophene rings is 1. The average molecular weight is 724 g/mol. The molecule has 2 aromatic heterocycles. The zero-order chi connectivity index (χ0) is 36.3. The molecule has 0 atom stereocenters. The third-order valence-electron chi connectivity index (χ3n) is 12.0. The van der Waals surface area contributed by atoms with E-state index in [-0.39, 0.29) is 5.41 Å². The van der Waals surface area contributed by atoms with Gasteiger partial charge in [0.2, 0.25) is 0 Å². The lowest BCUT2D eigenvalue weighted by Gasteiger charge is -2.36. The van der Waals surface area contributed by atoms with Gasteiger partial charge in [0.1, 0.15) is 0 Å². The van der Waals surface area contributed by atoms with Crippen LogP contribution in [0.3, 0.4) is 0 Å². The first-order chi connectivity index (χ1) is 27.2. The number of aromatic nitrogens is 3. The number of nitrogens with zero attached hydrogens (tertiary/aromatic N) is 3. The van der Waals surface area contributed by atoms with Crippen LogP contribution in [0.25, 0.3) is 87.7 Å². The van der Waals surface area contributed by atoms with Crippen LogP contribution in [-0.4, -0.2) is 15.0 Å². The van der Waals surface area contributed by atoms with Crippen molar-refractivity contribution in [2.24, 2.45) is 0 Å². The quantitative estimate of drug-likeness (QED) is 0.177. The summed E-state index contributed by atoms with van der Waals surface area (Å²) in [6.45, 7) is 0. The van der Waals surface area contributed by atoms with Crippen LogP contribution >= 0.6 is 11.3 Å². The molecule has 7 aromatic carbocycles. The predicted molar refractivity (Wildman–Crippen MR) is 229 cm³/mol. The summed E-state index contributed by atoms with van der Waals surface area (Å²) in [5, 5.41) is 2.54. The van der Waals surface area contributed by atoms with E-state index in [4.69, 9.17) is 15.0 Å². The summed E-state index contributed by atoms with van der Waals surface area (Å²) >= 11 is 1.85. The van der Waals surface area contributed by atoms with E-state index in [2.05, 4.69) is 140 Å². The molecule has 0 unspecified atom stereocenters. The van der Waals surface area contributed by atoms with E-state index in [9.17, 15) is 0 Å². The summed E-state index contributed by atoms with van der Waals surface area (Å²) in [6.07, 6.45) is 6.43. The SMILES string of the molecule is c1ccc(-c2ccc(-c3nc(-c4ccccc4)nc(-c4ccc5c(c4)sc4cc(-c6ccc7c(c6)C6(CCCCC6)c6ccccc6-7)ccc45)n3)cc2)cc1. The highest BCUT2D eigenvalue weighted by molar-refractivity contribution is 7.25. The van der Waals surface area contributed by atoms with Crippen molar-refractivity contribution < 1.29 is 0 Å².